The third-order valence-corrected chi connectivity index (χ3v) is 5.26. The Kier molecular flexibility index (Phi) is 13.8. The first kappa shape index (κ1) is 32.1. The Hall–Kier alpha value is -3.07. The van der Waals surface area contributed by atoms with Gasteiger partial charge in [0.2, 0.25) is 0 Å². The van der Waals surface area contributed by atoms with E-state index in [1.54, 1.807) is 20.8 Å². The molecule has 3 atom stereocenters. The summed E-state index contributed by atoms with van der Waals surface area (Å²) in [6.45, 7) is 5.27. The lowest BCUT2D eigenvalue weighted by molar-refractivity contribution is -0.164. The van der Waals surface area contributed by atoms with Crippen molar-refractivity contribution in [1.82, 2.24) is 0 Å². The molecule has 10 heteroatoms. The summed E-state index contributed by atoms with van der Waals surface area (Å²) >= 11 is 5.21. The van der Waals surface area contributed by atoms with Gasteiger partial charge in [-0.2, -0.15) is 0 Å². The maximum atomic E-state index is 13.2. The number of rotatable bonds is 13. The van der Waals surface area contributed by atoms with Crippen molar-refractivity contribution in [2.45, 2.75) is 52.1 Å². The molecule has 0 aliphatic rings. The Bertz CT molecular complexity index is 1080. The SMILES string of the molecule is COCO[C@@H](C[C@@H](O)C#CCOCc1ccccc1)[C@@H](COC(=O)C(C)(C)C)OC(=S)Oc1ccc(F)cc1. The van der Waals surface area contributed by atoms with Crippen LogP contribution in [0.5, 0.6) is 5.75 Å². The zero-order valence-corrected chi connectivity index (χ0v) is 23.4. The summed E-state index contributed by atoms with van der Waals surface area (Å²) in [5.41, 5.74) is 0.250. The van der Waals surface area contributed by atoms with Gasteiger partial charge in [0.25, 0.3) is 0 Å². The minimum atomic E-state index is -1.12. The van der Waals surface area contributed by atoms with Gasteiger partial charge < -0.3 is 33.5 Å². The molecule has 2 rings (SSSR count). The van der Waals surface area contributed by atoms with Crippen LogP contribution in [0.25, 0.3) is 0 Å². The Balaban J connectivity index is 2.06. The second-order valence-corrected chi connectivity index (χ2v) is 9.81. The smallest absolute Gasteiger partial charge is 0.358 e. The number of carbonyl (C=O) groups excluding carboxylic acids is 1. The molecule has 0 heterocycles. The fourth-order valence-corrected chi connectivity index (χ4v) is 3.27. The lowest BCUT2D eigenvalue weighted by Gasteiger charge is -2.29. The highest BCUT2D eigenvalue weighted by atomic mass is 32.1. The molecule has 39 heavy (non-hydrogen) atoms. The molecule has 0 saturated carbocycles. The van der Waals surface area contributed by atoms with Crippen LogP contribution in [0.1, 0.15) is 32.8 Å². The molecule has 212 valence electrons. The van der Waals surface area contributed by atoms with Crippen LogP contribution in [0.15, 0.2) is 54.6 Å². The summed E-state index contributed by atoms with van der Waals surface area (Å²) in [5.74, 6) is 4.85. The average Bonchev–Trinajstić information content (AvgIpc) is 2.90. The van der Waals surface area contributed by atoms with Crippen LogP contribution < -0.4 is 4.74 Å². The van der Waals surface area contributed by atoms with Gasteiger partial charge >= 0.3 is 11.2 Å². The minimum Gasteiger partial charge on any atom is -0.461 e. The third-order valence-electron chi connectivity index (χ3n) is 5.08. The second-order valence-electron chi connectivity index (χ2n) is 9.47. The van der Waals surface area contributed by atoms with Crippen LogP contribution in [-0.4, -0.2) is 61.7 Å². The van der Waals surface area contributed by atoms with E-state index in [2.05, 4.69) is 11.8 Å². The van der Waals surface area contributed by atoms with E-state index in [4.69, 9.17) is 40.6 Å². The maximum absolute atomic E-state index is 13.2. The number of hydrogen-bond acceptors (Lipinski definition) is 9. The van der Waals surface area contributed by atoms with Gasteiger partial charge in [0.15, 0.2) is 6.10 Å². The quantitative estimate of drug-likeness (QED) is 0.125. The minimum absolute atomic E-state index is 0.0219. The number of carbonyl (C=O) groups is 1. The molecule has 2 aromatic carbocycles. The fraction of sp³-hybridized carbons (Fsp3) is 0.448. The first-order chi connectivity index (χ1) is 18.6. The third kappa shape index (κ3) is 13.0. The normalized spacial score (nSPS) is 13.4. The summed E-state index contributed by atoms with van der Waals surface area (Å²) in [6.07, 6.45) is -2.98. The van der Waals surface area contributed by atoms with Gasteiger partial charge in [-0.1, -0.05) is 42.2 Å². The monoisotopic (exact) mass is 562 g/mol. The molecular formula is C29H35FO8S. The van der Waals surface area contributed by atoms with E-state index in [1.807, 2.05) is 30.3 Å². The van der Waals surface area contributed by atoms with E-state index in [1.165, 1.54) is 31.4 Å². The zero-order valence-electron chi connectivity index (χ0n) is 22.6. The molecular weight excluding hydrogens is 527 g/mol. The maximum Gasteiger partial charge on any atom is 0.358 e. The van der Waals surface area contributed by atoms with Gasteiger partial charge in [-0.05, 0) is 50.6 Å². The summed E-state index contributed by atoms with van der Waals surface area (Å²) < 4.78 is 46.2. The predicted molar refractivity (Wildman–Crippen MR) is 146 cm³/mol. The number of ether oxygens (including phenoxy) is 6. The predicted octanol–water partition coefficient (Wildman–Crippen LogP) is 4.42. The molecule has 0 saturated heterocycles. The van der Waals surface area contributed by atoms with Crippen LogP contribution in [0, 0.1) is 23.1 Å². The van der Waals surface area contributed by atoms with Crippen LogP contribution in [0.2, 0.25) is 0 Å². The van der Waals surface area contributed by atoms with Gasteiger partial charge in [-0.3, -0.25) is 4.79 Å². The molecule has 0 fully saturated rings. The summed E-state index contributed by atoms with van der Waals surface area (Å²) in [5, 5.41) is 10.3. The van der Waals surface area contributed by atoms with Crippen molar-refractivity contribution in [3.63, 3.8) is 0 Å². The molecule has 0 spiro atoms. The lowest BCUT2D eigenvalue weighted by Crippen LogP contribution is -2.41. The van der Waals surface area contributed by atoms with Gasteiger partial charge in [-0.25, -0.2) is 4.39 Å². The first-order valence-corrected chi connectivity index (χ1v) is 12.7. The van der Waals surface area contributed by atoms with E-state index < -0.39 is 35.5 Å². The van der Waals surface area contributed by atoms with Crippen LogP contribution in [0.3, 0.4) is 0 Å². The van der Waals surface area contributed by atoms with E-state index in [9.17, 15) is 14.3 Å². The number of methoxy groups -OCH3 is 1. The Labute approximate surface area is 234 Å². The van der Waals surface area contributed by atoms with E-state index >= 15 is 0 Å². The van der Waals surface area contributed by atoms with Crippen molar-refractivity contribution < 1.29 is 42.7 Å². The highest BCUT2D eigenvalue weighted by Crippen LogP contribution is 2.19. The number of benzene rings is 2. The Morgan fingerprint density at radius 3 is 2.41 bits per heavy atom. The second kappa shape index (κ2) is 16.8. The van der Waals surface area contributed by atoms with Crippen molar-refractivity contribution in [2.24, 2.45) is 5.41 Å². The summed E-state index contributed by atoms with van der Waals surface area (Å²) in [7, 11) is 1.44. The number of esters is 1. The molecule has 0 bridgehead atoms. The topological polar surface area (TPSA) is 92.7 Å². The van der Waals surface area contributed by atoms with Crippen LogP contribution in [-0.2, 0) is 35.1 Å². The molecule has 0 unspecified atom stereocenters. The summed E-state index contributed by atoms with van der Waals surface area (Å²) in [4.78, 5) is 12.4. The number of aliphatic hydroxyl groups is 1. The summed E-state index contributed by atoms with van der Waals surface area (Å²) in [6, 6.07) is 14.8. The fourth-order valence-electron chi connectivity index (χ4n) is 3.05. The average molecular weight is 563 g/mol. The van der Waals surface area contributed by atoms with Gasteiger partial charge in [0.1, 0.15) is 43.8 Å². The van der Waals surface area contributed by atoms with Crippen molar-refractivity contribution in [3.8, 4) is 17.6 Å². The number of halogens is 1. The highest BCUT2D eigenvalue weighted by Gasteiger charge is 2.31. The van der Waals surface area contributed by atoms with Crippen molar-refractivity contribution in [3.05, 3.63) is 66.0 Å². The van der Waals surface area contributed by atoms with Crippen LogP contribution in [0.4, 0.5) is 4.39 Å². The van der Waals surface area contributed by atoms with Crippen LogP contribution >= 0.6 is 12.2 Å². The van der Waals surface area contributed by atoms with Crippen molar-refractivity contribution in [2.75, 3.05) is 27.1 Å². The van der Waals surface area contributed by atoms with Gasteiger partial charge in [-0.15, -0.1) is 0 Å². The molecule has 0 amide bonds. The molecule has 0 aliphatic carbocycles. The lowest BCUT2D eigenvalue weighted by atomic mass is 9.97. The molecule has 8 nitrogen and oxygen atoms in total. The molecule has 0 aliphatic heterocycles. The number of thiocarbonyl (C=S) groups is 1. The Morgan fingerprint density at radius 1 is 1.08 bits per heavy atom. The van der Waals surface area contributed by atoms with E-state index in [0.717, 1.165) is 5.56 Å². The first-order valence-electron chi connectivity index (χ1n) is 12.3. The molecule has 0 radical (unpaired) electrons. The molecule has 2 aromatic rings. The van der Waals surface area contributed by atoms with Crippen molar-refractivity contribution in [1.29, 1.82) is 0 Å². The number of hydrogen-bond donors (Lipinski definition) is 1. The number of aliphatic hydroxyl groups excluding tert-OH is 1. The van der Waals surface area contributed by atoms with Gasteiger partial charge in [0, 0.05) is 25.7 Å². The zero-order chi connectivity index (χ0) is 28.7. The largest absolute Gasteiger partial charge is 0.461 e. The van der Waals surface area contributed by atoms with E-state index in [0.29, 0.717) is 6.61 Å². The standard InChI is InChI=1S/C29H35FO8S/c1-29(2,3)27(32)35-19-26(38-28(39)37-24-14-12-22(30)13-15-24)25(36-20-33-4)17-23(31)11-8-16-34-18-21-9-6-5-7-10-21/h5-7,9-10,12-15,23,25-26,31H,16-20H2,1-4H3/t23-,25-,26+/m0/s1. The molecule has 0 aromatic heterocycles. The molecule has 1 N–H and O–H groups in total. The van der Waals surface area contributed by atoms with Gasteiger partial charge in [0.05, 0.1) is 12.0 Å². The van der Waals surface area contributed by atoms with E-state index in [-0.39, 0.29) is 37.4 Å². The highest BCUT2D eigenvalue weighted by molar-refractivity contribution is 7.79. The van der Waals surface area contributed by atoms with Crippen molar-refractivity contribution >= 4 is 23.4 Å². The Morgan fingerprint density at radius 2 is 1.77 bits per heavy atom.